The highest BCUT2D eigenvalue weighted by molar-refractivity contribution is 9.10. The molecule has 0 radical (unpaired) electrons. The fourth-order valence-corrected chi connectivity index (χ4v) is 3.12. The molecule has 0 aromatic rings. The highest BCUT2D eigenvalue weighted by atomic mass is 79.9. The molecule has 0 saturated heterocycles. The summed E-state index contributed by atoms with van der Waals surface area (Å²) in [5, 5.41) is 0. The van der Waals surface area contributed by atoms with Gasteiger partial charge in [-0.3, -0.25) is 0 Å². The first-order valence-corrected chi connectivity index (χ1v) is 4.90. The molecule has 2 aliphatic rings. The van der Waals surface area contributed by atoms with Gasteiger partial charge in [0, 0.05) is 11.8 Å². The van der Waals surface area contributed by atoms with Gasteiger partial charge in [0.15, 0.2) is 4.58 Å². The van der Waals surface area contributed by atoms with Gasteiger partial charge in [0.25, 0.3) is 0 Å². The smallest absolute Gasteiger partial charge is 0.171 e. The molecular formula is C8H12BrF. The Morgan fingerprint density at radius 3 is 2.10 bits per heavy atom. The molecule has 2 unspecified atom stereocenters. The van der Waals surface area contributed by atoms with E-state index in [1.807, 2.05) is 0 Å². The predicted octanol–water partition coefficient (Wildman–Crippen LogP) is 3.26. The maximum absolute atomic E-state index is 13.3. The van der Waals surface area contributed by atoms with Gasteiger partial charge in [-0.2, -0.15) is 0 Å². The monoisotopic (exact) mass is 206 g/mol. The minimum absolute atomic E-state index is 0.356. The van der Waals surface area contributed by atoms with Crippen LogP contribution in [0.25, 0.3) is 0 Å². The van der Waals surface area contributed by atoms with Crippen molar-refractivity contribution in [3.8, 4) is 0 Å². The standard InChI is InChI=1S/C8H12BrF/c9-8(10)6-4-2-1-3-5-7(6)8/h6-7H,1-5H2. The average Bonchev–Trinajstić information content (AvgIpc) is 2.47. The minimum atomic E-state index is -0.951. The third-order valence-electron chi connectivity index (χ3n) is 2.90. The number of rotatable bonds is 0. The number of fused-ring (bicyclic) bond motifs is 1. The van der Waals surface area contributed by atoms with Crippen LogP contribution in [0, 0.1) is 11.8 Å². The van der Waals surface area contributed by atoms with Gasteiger partial charge < -0.3 is 0 Å². The maximum Gasteiger partial charge on any atom is 0.171 e. The van der Waals surface area contributed by atoms with Crippen LogP contribution in [0.1, 0.15) is 32.1 Å². The van der Waals surface area contributed by atoms with Gasteiger partial charge >= 0.3 is 0 Å². The third-order valence-corrected chi connectivity index (χ3v) is 4.07. The molecule has 2 rings (SSSR count). The fraction of sp³-hybridized carbons (Fsp3) is 1.00. The molecule has 0 aliphatic heterocycles. The molecule has 0 aromatic heterocycles. The number of halogens is 2. The lowest BCUT2D eigenvalue weighted by atomic mass is 10.2. The summed E-state index contributed by atoms with van der Waals surface area (Å²) in [5.41, 5.74) is 0. The van der Waals surface area contributed by atoms with Crippen molar-refractivity contribution in [1.82, 2.24) is 0 Å². The fourth-order valence-electron chi connectivity index (χ4n) is 2.15. The van der Waals surface area contributed by atoms with Gasteiger partial charge in [-0.1, -0.05) is 19.3 Å². The Morgan fingerprint density at radius 2 is 1.60 bits per heavy atom. The molecule has 0 heterocycles. The molecule has 0 N–H and O–H groups in total. The summed E-state index contributed by atoms with van der Waals surface area (Å²) in [7, 11) is 0. The van der Waals surface area contributed by atoms with Crippen LogP contribution in [-0.2, 0) is 0 Å². The van der Waals surface area contributed by atoms with Crippen molar-refractivity contribution in [3.05, 3.63) is 0 Å². The lowest BCUT2D eigenvalue weighted by Gasteiger charge is -2.00. The van der Waals surface area contributed by atoms with Gasteiger partial charge in [-0.25, -0.2) is 4.39 Å². The first-order valence-electron chi connectivity index (χ1n) is 4.11. The van der Waals surface area contributed by atoms with Crippen LogP contribution in [0.4, 0.5) is 4.39 Å². The Morgan fingerprint density at radius 1 is 1.10 bits per heavy atom. The molecule has 0 nitrogen and oxygen atoms in total. The van der Waals surface area contributed by atoms with E-state index in [2.05, 4.69) is 15.9 Å². The minimum Gasteiger partial charge on any atom is -0.231 e. The van der Waals surface area contributed by atoms with Crippen molar-refractivity contribution in [2.45, 2.75) is 36.7 Å². The van der Waals surface area contributed by atoms with Crippen LogP contribution >= 0.6 is 15.9 Å². The predicted molar refractivity (Wildman–Crippen MR) is 42.8 cm³/mol. The Labute approximate surface area is 69.3 Å². The third kappa shape index (κ3) is 0.919. The zero-order chi connectivity index (χ0) is 7.19. The van der Waals surface area contributed by atoms with E-state index >= 15 is 0 Å². The Kier molecular flexibility index (Phi) is 1.55. The topological polar surface area (TPSA) is 0 Å². The summed E-state index contributed by atoms with van der Waals surface area (Å²) < 4.78 is 12.3. The molecule has 2 aliphatic carbocycles. The van der Waals surface area contributed by atoms with E-state index in [4.69, 9.17) is 0 Å². The zero-order valence-electron chi connectivity index (χ0n) is 5.95. The van der Waals surface area contributed by atoms with Gasteiger partial charge in [0.1, 0.15) is 0 Å². The van der Waals surface area contributed by atoms with Crippen LogP contribution < -0.4 is 0 Å². The first-order chi connectivity index (χ1) is 4.73. The molecule has 2 heteroatoms. The normalized spacial score (nSPS) is 53.4. The van der Waals surface area contributed by atoms with E-state index in [1.165, 1.54) is 19.3 Å². The van der Waals surface area contributed by atoms with E-state index in [0.717, 1.165) is 12.8 Å². The summed E-state index contributed by atoms with van der Waals surface area (Å²) in [5.74, 6) is 0.713. The first kappa shape index (κ1) is 7.08. The van der Waals surface area contributed by atoms with Crippen LogP contribution in [-0.4, -0.2) is 4.58 Å². The molecule has 0 aromatic carbocycles. The molecule has 2 atom stereocenters. The molecule has 0 amide bonds. The summed E-state index contributed by atoms with van der Waals surface area (Å²) in [6.07, 6.45) is 5.99. The van der Waals surface area contributed by atoms with Gasteiger partial charge in [0.2, 0.25) is 0 Å². The Balaban J connectivity index is 2.01. The molecule has 58 valence electrons. The average molecular weight is 207 g/mol. The van der Waals surface area contributed by atoms with Crippen molar-refractivity contribution in [2.75, 3.05) is 0 Å². The zero-order valence-corrected chi connectivity index (χ0v) is 7.53. The van der Waals surface area contributed by atoms with Gasteiger partial charge in [-0.15, -0.1) is 0 Å². The molecule has 0 bridgehead atoms. The van der Waals surface area contributed by atoms with E-state index < -0.39 is 4.58 Å². The molecule has 0 spiro atoms. The highest BCUT2D eigenvalue weighted by Gasteiger charge is 2.63. The number of alkyl halides is 2. The highest BCUT2D eigenvalue weighted by Crippen LogP contribution is 2.63. The second-order valence-corrected chi connectivity index (χ2v) is 4.74. The molecule has 2 fully saturated rings. The quantitative estimate of drug-likeness (QED) is 0.535. The SMILES string of the molecule is FC1(Br)C2CCCCCC21. The summed E-state index contributed by atoms with van der Waals surface area (Å²) in [6.45, 7) is 0. The van der Waals surface area contributed by atoms with Gasteiger partial charge in [-0.05, 0) is 28.8 Å². The largest absolute Gasteiger partial charge is 0.231 e. The van der Waals surface area contributed by atoms with E-state index in [-0.39, 0.29) is 0 Å². The number of hydrogen-bond acceptors (Lipinski definition) is 0. The van der Waals surface area contributed by atoms with Crippen molar-refractivity contribution in [3.63, 3.8) is 0 Å². The maximum atomic E-state index is 13.3. The second kappa shape index (κ2) is 2.20. The van der Waals surface area contributed by atoms with E-state index in [0.29, 0.717) is 11.8 Å². The molecular weight excluding hydrogens is 195 g/mol. The number of hydrogen-bond donors (Lipinski definition) is 0. The van der Waals surface area contributed by atoms with Crippen molar-refractivity contribution < 1.29 is 4.39 Å². The van der Waals surface area contributed by atoms with Crippen LogP contribution in [0.5, 0.6) is 0 Å². The van der Waals surface area contributed by atoms with E-state index in [1.54, 1.807) is 0 Å². The lowest BCUT2D eigenvalue weighted by Crippen LogP contribution is -1.94. The van der Waals surface area contributed by atoms with Crippen molar-refractivity contribution >= 4 is 15.9 Å². The van der Waals surface area contributed by atoms with Crippen LogP contribution in [0.3, 0.4) is 0 Å². The summed E-state index contributed by atoms with van der Waals surface area (Å²) in [4.78, 5) is 0. The van der Waals surface area contributed by atoms with Crippen LogP contribution in [0.15, 0.2) is 0 Å². The van der Waals surface area contributed by atoms with Crippen molar-refractivity contribution in [1.29, 1.82) is 0 Å². The Bertz CT molecular complexity index is 130. The molecule has 10 heavy (non-hydrogen) atoms. The van der Waals surface area contributed by atoms with E-state index in [9.17, 15) is 4.39 Å². The van der Waals surface area contributed by atoms with Crippen molar-refractivity contribution in [2.24, 2.45) is 11.8 Å². The summed E-state index contributed by atoms with van der Waals surface area (Å²) in [6, 6.07) is 0. The second-order valence-electron chi connectivity index (χ2n) is 3.53. The summed E-state index contributed by atoms with van der Waals surface area (Å²) >= 11 is 3.15. The molecule has 2 saturated carbocycles. The lowest BCUT2D eigenvalue weighted by molar-refractivity contribution is 0.375. The van der Waals surface area contributed by atoms with Gasteiger partial charge in [0.05, 0.1) is 0 Å². The van der Waals surface area contributed by atoms with Crippen LogP contribution in [0.2, 0.25) is 0 Å². The Hall–Kier alpha value is 0.410.